The summed E-state index contributed by atoms with van der Waals surface area (Å²) in [5, 5.41) is 23.7. The molecule has 7 nitrogen and oxygen atoms in total. The summed E-state index contributed by atoms with van der Waals surface area (Å²) >= 11 is 1.43. The molecule has 1 aliphatic carbocycles. The van der Waals surface area contributed by atoms with Crippen LogP contribution in [0.4, 0.5) is 0 Å². The van der Waals surface area contributed by atoms with Crippen molar-refractivity contribution in [3.8, 4) is 0 Å². The van der Waals surface area contributed by atoms with Crippen molar-refractivity contribution in [3.05, 3.63) is 34.2 Å². The Bertz CT molecular complexity index is 973. The van der Waals surface area contributed by atoms with Crippen LogP contribution in [0.25, 0.3) is 0 Å². The van der Waals surface area contributed by atoms with Gasteiger partial charge in [0.05, 0.1) is 35.7 Å². The van der Waals surface area contributed by atoms with Crippen molar-refractivity contribution in [2.24, 2.45) is 34.8 Å². The molecule has 1 saturated carbocycles. The molecule has 0 aromatic rings. The fourth-order valence-corrected chi connectivity index (χ4v) is 6.16. The molecule has 8 heteroatoms. The first kappa shape index (κ1) is 29.9. The fraction of sp³-hybridized carbons (Fsp3) is 0.724. The van der Waals surface area contributed by atoms with Gasteiger partial charge in [-0.15, -0.1) is 11.8 Å². The third kappa shape index (κ3) is 7.08. The molecule has 2 saturated heterocycles. The van der Waals surface area contributed by atoms with Crippen LogP contribution in [0, 0.1) is 29.1 Å². The van der Waals surface area contributed by atoms with E-state index in [0.29, 0.717) is 24.0 Å². The molecule has 208 valence electrons. The van der Waals surface area contributed by atoms with Gasteiger partial charge in [-0.1, -0.05) is 34.3 Å². The normalized spacial score (nSPS) is 41.3. The molecule has 0 aromatic carbocycles. The summed E-state index contributed by atoms with van der Waals surface area (Å²) in [6.45, 7) is 16.7. The fourth-order valence-electron chi connectivity index (χ4n) is 5.75. The van der Waals surface area contributed by atoms with Crippen LogP contribution in [0.1, 0.15) is 74.1 Å². The molecule has 3 rings (SSSR count). The van der Waals surface area contributed by atoms with Crippen LogP contribution in [0.5, 0.6) is 0 Å². The van der Waals surface area contributed by atoms with Gasteiger partial charge >= 0.3 is 5.97 Å². The number of allylic oxidation sites excluding steroid dienone is 2. The molecule has 4 N–H and O–H groups in total. The van der Waals surface area contributed by atoms with Gasteiger partial charge in [-0.25, -0.2) is 0 Å². The van der Waals surface area contributed by atoms with E-state index in [1.165, 1.54) is 11.8 Å². The van der Waals surface area contributed by atoms with Gasteiger partial charge in [0, 0.05) is 18.0 Å². The molecule has 2 heterocycles. The van der Waals surface area contributed by atoms with Crippen molar-refractivity contribution in [1.82, 2.24) is 0 Å². The quantitative estimate of drug-likeness (QED) is 0.274. The Kier molecular flexibility index (Phi) is 9.10. The minimum absolute atomic E-state index is 0.0414. The maximum absolute atomic E-state index is 13.3. The van der Waals surface area contributed by atoms with Gasteiger partial charge in [0.1, 0.15) is 11.9 Å². The van der Waals surface area contributed by atoms with Crippen LogP contribution in [0.2, 0.25) is 0 Å². The number of thioether (sulfide) groups is 1. The number of ketones is 1. The van der Waals surface area contributed by atoms with Crippen LogP contribution < -0.4 is 5.73 Å². The topological polar surface area (TPSA) is 122 Å². The number of esters is 1. The van der Waals surface area contributed by atoms with E-state index in [0.717, 1.165) is 23.3 Å². The number of carbonyl (C=O) groups is 2. The molecule has 0 bridgehead atoms. The van der Waals surface area contributed by atoms with Crippen molar-refractivity contribution >= 4 is 23.5 Å². The van der Waals surface area contributed by atoms with Crippen molar-refractivity contribution in [2.45, 2.75) is 104 Å². The second-order valence-corrected chi connectivity index (χ2v) is 13.4. The molecule has 4 unspecified atom stereocenters. The Morgan fingerprint density at radius 3 is 2.43 bits per heavy atom. The van der Waals surface area contributed by atoms with Gasteiger partial charge < -0.3 is 25.4 Å². The minimum atomic E-state index is -1.25. The van der Waals surface area contributed by atoms with E-state index in [1.807, 2.05) is 20.8 Å². The summed E-state index contributed by atoms with van der Waals surface area (Å²) < 4.78 is 12.0. The van der Waals surface area contributed by atoms with E-state index >= 15 is 0 Å². The van der Waals surface area contributed by atoms with Crippen molar-refractivity contribution in [3.63, 3.8) is 0 Å². The Balaban J connectivity index is 1.87. The first-order valence-electron chi connectivity index (χ1n) is 13.3. The zero-order valence-electron chi connectivity index (χ0n) is 23.3. The van der Waals surface area contributed by atoms with Gasteiger partial charge in [-0.05, 0) is 73.3 Å². The van der Waals surface area contributed by atoms with E-state index < -0.39 is 35.6 Å². The first-order chi connectivity index (χ1) is 17.1. The zero-order valence-corrected chi connectivity index (χ0v) is 24.1. The average Bonchev–Trinajstić information content (AvgIpc) is 3.71. The number of fused-ring (bicyclic) bond motifs is 2. The number of aliphatic hydroxyl groups excluding tert-OH is 2. The summed E-state index contributed by atoms with van der Waals surface area (Å²) in [4.78, 5) is 27.2. The lowest BCUT2D eigenvalue weighted by atomic mass is 9.72. The highest BCUT2D eigenvalue weighted by atomic mass is 32.2. The largest absolute Gasteiger partial charge is 0.458 e. The lowest BCUT2D eigenvalue weighted by Crippen LogP contribution is -2.46. The molecule has 0 aromatic heterocycles. The number of rotatable bonds is 4. The first-order valence-corrected chi connectivity index (χ1v) is 14.2. The van der Waals surface area contributed by atoms with E-state index in [1.54, 1.807) is 32.3 Å². The van der Waals surface area contributed by atoms with Crippen molar-refractivity contribution in [2.75, 3.05) is 0 Å². The number of nitrogens with two attached hydrogens (primary N) is 1. The van der Waals surface area contributed by atoms with E-state index in [9.17, 15) is 19.8 Å². The van der Waals surface area contributed by atoms with E-state index in [-0.39, 0.29) is 29.8 Å². The van der Waals surface area contributed by atoms with Gasteiger partial charge in [0.25, 0.3) is 0 Å². The molecule has 0 spiro atoms. The van der Waals surface area contributed by atoms with Gasteiger partial charge in [0.2, 0.25) is 0 Å². The average molecular weight is 536 g/mol. The number of hydrogen-bond acceptors (Lipinski definition) is 8. The van der Waals surface area contributed by atoms with Crippen LogP contribution in [-0.2, 0) is 19.1 Å². The summed E-state index contributed by atoms with van der Waals surface area (Å²) in [5.74, 6) is -0.795. The second-order valence-electron chi connectivity index (χ2n) is 12.3. The molecule has 0 radical (unpaired) electrons. The number of carbonyl (C=O) groups excluding carboxylic acids is 2. The maximum Gasteiger partial charge on any atom is 0.309 e. The number of hydrogen-bond donors (Lipinski definition) is 3. The summed E-state index contributed by atoms with van der Waals surface area (Å²) in [6, 6.07) is 0. The summed E-state index contributed by atoms with van der Waals surface area (Å²) in [7, 11) is 0. The molecule has 37 heavy (non-hydrogen) atoms. The summed E-state index contributed by atoms with van der Waals surface area (Å²) in [6.07, 6.45) is 1.11. The van der Waals surface area contributed by atoms with E-state index in [2.05, 4.69) is 13.5 Å². The number of aliphatic hydroxyl groups is 2. The molecule has 0 amide bonds. The SMILES string of the molecule is C=C(C)S/C=C(N)/C=C(\C)[C@@H]1CC2OC2(C)CC2CC2[C@H](C)[C@H](O)[C@@H](C)C(=O)C(C)(C)[C@@H](O)CC(=O)O1. The number of ether oxygens (including phenoxy) is 2. The van der Waals surface area contributed by atoms with Crippen molar-refractivity contribution < 1.29 is 29.3 Å². The van der Waals surface area contributed by atoms with Gasteiger partial charge in [0.15, 0.2) is 0 Å². The highest BCUT2D eigenvalue weighted by Crippen LogP contribution is 2.56. The van der Waals surface area contributed by atoms with Gasteiger partial charge in [-0.3, -0.25) is 9.59 Å². The Labute approximate surface area is 225 Å². The third-order valence-electron chi connectivity index (χ3n) is 8.65. The molecular formula is C29H45NO6S. The highest BCUT2D eigenvalue weighted by molar-refractivity contribution is 8.05. The number of cyclic esters (lactones) is 1. The molecule has 9 atom stereocenters. The lowest BCUT2D eigenvalue weighted by molar-refractivity contribution is -0.154. The standard InChI is InChI=1S/C29H45NO6S/c1-15(2)37-14-20(30)9-16(3)22-11-24-29(8,36-24)13-19-10-21(19)17(4)26(33)18(5)27(34)28(6,7)23(31)12-25(32)35-22/h9,14,17-19,21-24,26,31,33H,1,10-13,30H2,2-8H3/b16-9+,20-14-/t17-,18+,19?,21?,22-,23-,24?,26-,29?/m0/s1. The predicted molar refractivity (Wildman–Crippen MR) is 146 cm³/mol. The smallest absolute Gasteiger partial charge is 0.309 e. The molecular weight excluding hydrogens is 490 g/mol. The highest BCUT2D eigenvalue weighted by Gasteiger charge is 2.58. The Hall–Kier alpha value is -1.61. The second kappa shape index (κ2) is 11.2. The Morgan fingerprint density at radius 1 is 1.16 bits per heavy atom. The number of Topliss-reactive ketones (excluding diaryl/α,β-unsaturated/α-hetero) is 1. The van der Waals surface area contributed by atoms with Crippen LogP contribution in [-0.4, -0.2) is 52.0 Å². The zero-order chi connectivity index (χ0) is 27.9. The van der Waals surface area contributed by atoms with Gasteiger partial charge in [-0.2, -0.15) is 0 Å². The molecule has 3 aliphatic rings. The lowest BCUT2D eigenvalue weighted by Gasteiger charge is -2.34. The van der Waals surface area contributed by atoms with Crippen LogP contribution >= 0.6 is 11.8 Å². The molecule has 3 fully saturated rings. The Morgan fingerprint density at radius 2 is 1.81 bits per heavy atom. The third-order valence-corrected chi connectivity index (χ3v) is 9.44. The number of epoxide rings is 1. The molecule has 2 aliphatic heterocycles. The van der Waals surface area contributed by atoms with Crippen molar-refractivity contribution in [1.29, 1.82) is 0 Å². The summed E-state index contributed by atoms with van der Waals surface area (Å²) in [5.41, 5.74) is 5.94. The maximum atomic E-state index is 13.3. The van der Waals surface area contributed by atoms with Crippen LogP contribution in [0.15, 0.2) is 34.2 Å². The predicted octanol–water partition coefficient (Wildman–Crippen LogP) is 4.48. The minimum Gasteiger partial charge on any atom is -0.458 e. The van der Waals surface area contributed by atoms with Crippen LogP contribution in [0.3, 0.4) is 0 Å². The van der Waals surface area contributed by atoms with E-state index in [4.69, 9.17) is 15.2 Å². The monoisotopic (exact) mass is 535 g/mol.